The molecule has 2 aromatic carbocycles. The number of carbonyl (C=O) groups excluding carboxylic acids is 1. The zero-order valence-corrected chi connectivity index (χ0v) is 17.0. The lowest BCUT2D eigenvalue weighted by molar-refractivity contribution is -0.113. The number of hydrogen-bond acceptors (Lipinski definition) is 5. The van der Waals surface area contributed by atoms with E-state index in [1.807, 2.05) is 37.3 Å². The van der Waals surface area contributed by atoms with Crippen LogP contribution in [0, 0.1) is 5.82 Å². The van der Waals surface area contributed by atoms with Gasteiger partial charge in [-0.2, -0.15) is 5.10 Å². The van der Waals surface area contributed by atoms with Crippen molar-refractivity contribution in [3.63, 3.8) is 0 Å². The summed E-state index contributed by atoms with van der Waals surface area (Å²) in [5, 5.41) is 7.98. The van der Waals surface area contributed by atoms with Gasteiger partial charge in [-0.25, -0.2) is 13.9 Å². The van der Waals surface area contributed by atoms with Crippen molar-refractivity contribution in [3.05, 3.63) is 72.8 Å². The van der Waals surface area contributed by atoms with Crippen molar-refractivity contribution in [2.75, 3.05) is 17.7 Å². The minimum absolute atomic E-state index is 0.146. The van der Waals surface area contributed by atoms with Crippen LogP contribution in [0.5, 0.6) is 5.75 Å². The summed E-state index contributed by atoms with van der Waals surface area (Å²) in [6, 6.07) is 15.5. The summed E-state index contributed by atoms with van der Waals surface area (Å²) in [4.78, 5) is 16.6. The lowest BCUT2D eigenvalue weighted by Crippen LogP contribution is -2.14. The molecule has 4 rings (SSSR count). The van der Waals surface area contributed by atoms with E-state index in [1.54, 1.807) is 29.0 Å². The number of ether oxygens (including phenoxy) is 1. The second-order valence-corrected chi connectivity index (χ2v) is 7.36. The lowest BCUT2D eigenvalue weighted by atomic mass is 10.1. The molecule has 0 unspecified atom stereocenters. The van der Waals surface area contributed by atoms with E-state index >= 15 is 0 Å². The summed E-state index contributed by atoms with van der Waals surface area (Å²) in [6.45, 7) is 2.56. The van der Waals surface area contributed by atoms with E-state index in [2.05, 4.69) is 15.4 Å². The third-order valence-corrected chi connectivity index (χ3v) is 5.26. The highest BCUT2D eigenvalue weighted by molar-refractivity contribution is 8.00. The molecule has 0 spiro atoms. The van der Waals surface area contributed by atoms with E-state index in [9.17, 15) is 9.18 Å². The second kappa shape index (κ2) is 8.96. The van der Waals surface area contributed by atoms with Crippen molar-refractivity contribution in [1.82, 2.24) is 14.6 Å². The van der Waals surface area contributed by atoms with Crippen LogP contribution in [-0.2, 0) is 4.79 Å². The zero-order chi connectivity index (χ0) is 20.9. The van der Waals surface area contributed by atoms with Gasteiger partial charge in [0, 0.05) is 23.6 Å². The molecule has 0 aliphatic rings. The maximum atomic E-state index is 13.3. The number of aromatic nitrogens is 3. The molecule has 2 heterocycles. The molecule has 1 N–H and O–H groups in total. The van der Waals surface area contributed by atoms with Crippen LogP contribution >= 0.6 is 11.8 Å². The molecular formula is C22H19FN4O2S. The molecular weight excluding hydrogens is 403 g/mol. The monoisotopic (exact) mass is 422 g/mol. The molecule has 0 bridgehead atoms. The molecule has 6 nitrogen and oxygen atoms in total. The van der Waals surface area contributed by atoms with E-state index in [-0.39, 0.29) is 11.7 Å². The number of carbonyl (C=O) groups is 1. The maximum absolute atomic E-state index is 13.3. The van der Waals surface area contributed by atoms with Gasteiger partial charge >= 0.3 is 0 Å². The molecule has 0 saturated heterocycles. The Morgan fingerprint density at radius 3 is 2.80 bits per heavy atom. The first-order chi connectivity index (χ1) is 14.6. The summed E-state index contributed by atoms with van der Waals surface area (Å²) < 4.78 is 20.5. The first-order valence-electron chi connectivity index (χ1n) is 9.38. The van der Waals surface area contributed by atoms with Crippen molar-refractivity contribution in [1.29, 1.82) is 0 Å². The van der Waals surface area contributed by atoms with Gasteiger partial charge in [0.2, 0.25) is 5.91 Å². The van der Waals surface area contributed by atoms with Crippen molar-refractivity contribution < 1.29 is 13.9 Å². The Bertz CT molecular complexity index is 1180. The highest BCUT2D eigenvalue weighted by Gasteiger charge is 2.12. The van der Waals surface area contributed by atoms with Crippen LogP contribution < -0.4 is 10.1 Å². The molecule has 4 aromatic rings. The quantitative estimate of drug-likeness (QED) is 0.439. The van der Waals surface area contributed by atoms with Crippen molar-refractivity contribution in [2.24, 2.45) is 0 Å². The van der Waals surface area contributed by atoms with Crippen molar-refractivity contribution >= 4 is 28.9 Å². The molecule has 2 aromatic heterocycles. The molecule has 1 amide bonds. The number of benzene rings is 2. The number of nitrogens with zero attached hydrogens (tertiary/aromatic N) is 3. The van der Waals surface area contributed by atoms with E-state index in [1.165, 1.54) is 23.9 Å². The minimum atomic E-state index is -0.395. The van der Waals surface area contributed by atoms with Gasteiger partial charge in [0.1, 0.15) is 16.6 Å². The number of halogens is 1. The molecule has 8 heteroatoms. The topological polar surface area (TPSA) is 68.5 Å². The molecule has 0 atom stereocenters. The van der Waals surface area contributed by atoms with Crippen LogP contribution in [0.4, 0.5) is 10.1 Å². The van der Waals surface area contributed by atoms with E-state index < -0.39 is 5.82 Å². The second-order valence-electron chi connectivity index (χ2n) is 6.40. The molecule has 30 heavy (non-hydrogen) atoms. The SMILES string of the molecule is CCOc1ccc(-c2cc3c(SCC(=O)Nc4cccc(F)c4)nccn3n2)cc1. The Kier molecular flexibility index (Phi) is 5.94. The third-order valence-electron chi connectivity index (χ3n) is 4.26. The summed E-state index contributed by atoms with van der Waals surface area (Å²) in [7, 11) is 0. The fourth-order valence-electron chi connectivity index (χ4n) is 2.94. The van der Waals surface area contributed by atoms with Gasteiger partial charge in [0.05, 0.1) is 23.6 Å². The normalized spacial score (nSPS) is 10.9. The number of fused-ring (bicyclic) bond motifs is 1. The van der Waals surface area contributed by atoms with Crippen molar-refractivity contribution in [3.8, 4) is 17.0 Å². The van der Waals surface area contributed by atoms with Crippen LogP contribution in [0.1, 0.15) is 6.92 Å². The summed E-state index contributed by atoms with van der Waals surface area (Å²) in [5.74, 6) is 0.327. The fourth-order valence-corrected chi connectivity index (χ4v) is 3.71. The van der Waals surface area contributed by atoms with Gasteiger partial charge in [-0.05, 0) is 55.5 Å². The van der Waals surface area contributed by atoms with Gasteiger partial charge in [0.25, 0.3) is 0 Å². The van der Waals surface area contributed by atoms with Gasteiger partial charge in [-0.1, -0.05) is 17.8 Å². The number of nitrogens with one attached hydrogen (secondary N) is 1. The maximum Gasteiger partial charge on any atom is 0.234 e. The average Bonchev–Trinajstić information content (AvgIpc) is 3.18. The van der Waals surface area contributed by atoms with Crippen LogP contribution in [0.3, 0.4) is 0 Å². The number of thioether (sulfide) groups is 1. The minimum Gasteiger partial charge on any atom is -0.494 e. The molecule has 0 radical (unpaired) electrons. The fraction of sp³-hybridized carbons (Fsp3) is 0.136. The van der Waals surface area contributed by atoms with Gasteiger partial charge < -0.3 is 10.1 Å². The highest BCUT2D eigenvalue weighted by Crippen LogP contribution is 2.27. The third kappa shape index (κ3) is 4.60. The largest absolute Gasteiger partial charge is 0.494 e. The average molecular weight is 422 g/mol. The predicted octanol–water partition coefficient (Wildman–Crippen LogP) is 4.66. The Labute approximate surface area is 177 Å². The molecule has 0 saturated carbocycles. The zero-order valence-electron chi connectivity index (χ0n) is 16.2. The molecule has 152 valence electrons. The Morgan fingerprint density at radius 1 is 1.20 bits per heavy atom. The van der Waals surface area contributed by atoms with E-state index in [4.69, 9.17) is 4.74 Å². The van der Waals surface area contributed by atoms with Gasteiger partial charge in [-0.3, -0.25) is 4.79 Å². The number of hydrogen-bond donors (Lipinski definition) is 1. The van der Waals surface area contributed by atoms with E-state index in [0.717, 1.165) is 22.5 Å². The first-order valence-corrected chi connectivity index (χ1v) is 10.4. The number of amides is 1. The van der Waals surface area contributed by atoms with Crippen molar-refractivity contribution in [2.45, 2.75) is 11.9 Å². The Balaban J connectivity index is 1.48. The highest BCUT2D eigenvalue weighted by atomic mass is 32.2. The molecule has 0 fully saturated rings. The Hall–Kier alpha value is -3.39. The standard InChI is InChI=1S/C22H19FN4O2S/c1-2-29-18-8-6-15(7-9-18)19-13-20-22(24-10-11-27(20)26-19)30-14-21(28)25-17-5-3-4-16(23)12-17/h3-13H,2,14H2,1H3,(H,25,28). The van der Waals surface area contributed by atoms with Crippen LogP contribution in [-0.4, -0.2) is 32.9 Å². The van der Waals surface area contributed by atoms with Crippen LogP contribution in [0.15, 0.2) is 72.0 Å². The Morgan fingerprint density at radius 2 is 2.03 bits per heavy atom. The van der Waals surface area contributed by atoms with Gasteiger partial charge in [0.15, 0.2) is 0 Å². The summed E-state index contributed by atoms with van der Waals surface area (Å²) >= 11 is 1.30. The number of rotatable bonds is 7. The number of anilines is 1. The summed E-state index contributed by atoms with van der Waals surface area (Å²) in [6.07, 6.45) is 3.42. The van der Waals surface area contributed by atoms with Crippen LogP contribution in [0.2, 0.25) is 0 Å². The first kappa shape index (κ1) is 19.9. The molecule has 0 aliphatic carbocycles. The lowest BCUT2D eigenvalue weighted by Gasteiger charge is -2.05. The van der Waals surface area contributed by atoms with E-state index in [0.29, 0.717) is 17.3 Å². The predicted molar refractivity (Wildman–Crippen MR) is 115 cm³/mol. The van der Waals surface area contributed by atoms with Crippen LogP contribution in [0.25, 0.3) is 16.8 Å². The van der Waals surface area contributed by atoms with Gasteiger partial charge in [-0.15, -0.1) is 0 Å². The summed E-state index contributed by atoms with van der Waals surface area (Å²) in [5.41, 5.74) is 3.00. The smallest absolute Gasteiger partial charge is 0.234 e. The molecule has 0 aliphatic heterocycles.